The fourth-order valence-electron chi connectivity index (χ4n) is 2.24. The van der Waals surface area contributed by atoms with Gasteiger partial charge in [-0.15, -0.1) is 0 Å². The molecule has 1 N–H and O–H groups in total. The predicted molar refractivity (Wildman–Crippen MR) is 73.1 cm³/mol. The SMILES string of the molecule is Cc1ccc(CN(C(=O)CCCCC(=O)O)C2CC2)o1. The Morgan fingerprint density at radius 1 is 1.30 bits per heavy atom. The monoisotopic (exact) mass is 279 g/mol. The molecular weight excluding hydrogens is 258 g/mol. The first-order valence-corrected chi connectivity index (χ1v) is 7.13. The van der Waals surface area contributed by atoms with E-state index in [1.165, 1.54) is 0 Å². The Balaban J connectivity index is 1.82. The molecule has 0 bridgehead atoms. The fraction of sp³-hybridized carbons (Fsp3) is 0.600. The average Bonchev–Trinajstić information content (AvgIpc) is 3.15. The number of unbranched alkanes of at least 4 members (excludes halogenated alkanes) is 1. The van der Waals surface area contributed by atoms with Crippen molar-refractivity contribution in [3.63, 3.8) is 0 Å². The van der Waals surface area contributed by atoms with Crippen LogP contribution in [0.15, 0.2) is 16.5 Å². The predicted octanol–water partition coefficient (Wildman–Crippen LogP) is 2.72. The maximum Gasteiger partial charge on any atom is 0.303 e. The van der Waals surface area contributed by atoms with Crippen LogP contribution in [-0.4, -0.2) is 27.9 Å². The van der Waals surface area contributed by atoms with Gasteiger partial charge < -0.3 is 14.4 Å². The molecule has 5 nitrogen and oxygen atoms in total. The first-order chi connectivity index (χ1) is 9.56. The molecule has 110 valence electrons. The molecule has 1 fully saturated rings. The van der Waals surface area contributed by atoms with E-state index in [0.29, 0.717) is 31.8 Å². The lowest BCUT2D eigenvalue weighted by Crippen LogP contribution is -2.32. The zero-order chi connectivity index (χ0) is 14.5. The zero-order valence-electron chi connectivity index (χ0n) is 11.8. The maximum absolute atomic E-state index is 12.2. The molecule has 0 saturated heterocycles. The summed E-state index contributed by atoms with van der Waals surface area (Å²) in [6, 6.07) is 4.15. The number of carboxylic acids is 1. The van der Waals surface area contributed by atoms with Gasteiger partial charge in [-0.25, -0.2) is 0 Å². The molecule has 5 heteroatoms. The van der Waals surface area contributed by atoms with Gasteiger partial charge in [-0.3, -0.25) is 9.59 Å². The topological polar surface area (TPSA) is 70.8 Å². The maximum atomic E-state index is 12.2. The Labute approximate surface area is 118 Å². The van der Waals surface area contributed by atoms with Crippen LogP contribution in [0.25, 0.3) is 0 Å². The highest BCUT2D eigenvalue weighted by Gasteiger charge is 2.32. The Bertz CT molecular complexity index is 476. The third-order valence-electron chi connectivity index (χ3n) is 3.46. The molecule has 2 rings (SSSR count). The molecule has 1 aliphatic rings. The molecule has 1 aromatic heterocycles. The second-order valence-electron chi connectivity index (χ2n) is 5.37. The van der Waals surface area contributed by atoms with Crippen molar-refractivity contribution in [1.29, 1.82) is 0 Å². The number of rotatable bonds is 8. The number of carboxylic acid groups (broad SMARTS) is 1. The third kappa shape index (κ3) is 4.40. The van der Waals surface area contributed by atoms with Gasteiger partial charge in [-0.05, 0) is 44.7 Å². The first kappa shape index (κ1) is 14.6. The molecule has 1 amide bonds. The minimum absolute atomic E-state index is 0.104. The summed E-state index contributed by atoms with van der Waals surface area (Å²) in [4.78, 5) is 24.5. The van der Waals surface area contributed by atoms with Crippen LogP contribution >= 0.6 is 0 Å². The van der Waals surface area contributed by atoms with Gasteiger partial charge in [0, 0.05) is 18.9 Å². The van der Waals surface area contributed by atoms with Crippen molar-refractivity contribution in [2.45, 2.75) is 58.0 Å². The summed E-state index contributed by atoms with van der Waals surface area (Å²) in [6.45, 7) is 2.41. The van der Waals surface area contributed by atoms with Crippen LogP contribution in [-0.2, 0) is 16.1 Å². The van der Waals surface area contributed by atoms with Gasteiger partial charge in [-0.1, -0.05) is 0 Å². The van der Waals surface area contributed by atoms with E-state index in [9.17, 15) is 9.59 Å². The Kier molecular flexibility index (Phi) is 4.82. The largest absolute Gasteiger partial charge is 0.481 e. The summed E-state index contributed by atoms with van der Waals surface area (Å²) in [6.07, 6.45) is 3.85. The number of aryl methyl sites for hydroxylation is 1. The fourth-order valence-corrected chi connectivity index (χ4v) is 2.24. The van der Waals surface area contributed by atoms with Crippen molar-refractivity contribution in [1.82, 2.24) is 4.90 Å². The number of amides is 1. The van der Waals surface area contributed by atoms with Crippen molar-refractivity contribution in [3.05, 3.63) is 23.7 Å². The molecule has 0 aromatic carbocycles. The highest BCUT2D eigenvalue weighted by Crippen LogP contribution is 2.29. The molecule has 0 unspecified atom stereocenters. The van der Waals surface area contributed by atoms with Crippen LogP contribution in [0.2, 0.25) is 0 Å². The number of hydrogen-bond acceptors (Lipinski definition) is 3. The van der Waals surface area contributed by atoms with Crippen LogP contribution in [0.3, 0.4) is 0 Å². The molecule has 1 aliphatic carbocycles. The van der Waals surface area contributed by atoms with E-state index in [1.54, 1.807) is 0 Å². The van der Waals surface area contributed by atoms with Crippen molar-refractivity contribution in [2.24, 2.45) is 0 Å². The van der Waals surface area contributed by atoms with Gasteiger partial charge in [0.25, 0.3) is 0 Å². The van der Waals surface area contributed by atoms with Crippen LogP contribution in [0.1, 0.15) is 50.0 Å². The van der Waals surface area contributed by atoms with E-state index in [0.717, 1.165) is 24.4 Å². The van der Waals surface area contributed by atoms with Gasteiger partial charge in [0.1, 0.15) is 11.5 Å². The molecule has 1 heterocycles. The minimum Gasteiger partial charge on any atom is -0.481 e. The second-order valence-corrected chi connectivity index (χ2v) is 5.37. The molecule has 1 saturated carbocycles. The van der Waals surface area contributed by atoms with Gasteiger partial charge in [-0.2, -0.15) is 0 Å². The molecule has 0 atom stereocenters. The van der Waals surface area contributed by atoms with Crippen molar-refractivity contribution < 1.29 is 19.1 Å². The lowest BCUT2D eigenvalue weighted by molar-refractivity contribution is -0.137. The molecule has 1 aromatic rings. The van der Waals surface area contributed by atoms with Gasteiger partial charge in [0.05, 0.1) is 6.54 Å². The zero-order valence-corrected chi connectivity index (χ0v) is 11.8. The number of carbonyl (C=O) groups excluding carboxylic acids is 1. The Morgan fingerprint density at radius 3 is 2.55 bits per heavy atom. The summed E-state index contributed by atoms with van der Waals surface area (Å²) in [5.41, 5.74) is 0. The minimum atomic E-state index is -0.803. The third-order valence-corrected chi connectivity index (χ3v) is 3.46. The Hall–Kier alpha value is -1.78. The molecule has 0 aliphatic heterocycles. The lowest BCUT2D eigenvalue weighted by atomic mass is 10.1. The van der Waals surface area contributed by atoms with Crippen molar-refractivity contribution >= 4 is 11.9 Å². The van der Waals surface area contributed by atoms with Gasteiger partial charge in [0.2, 0.25) is 5.91 Å². The van der Waals surface area contributed by atoms with Crippen LogP contribution in [0, 0.1) is 6.92 Å². The number of aliphatic carboxylic acids is 1. The number of furan rings is 1. The van der Waals surface area contributed by atoms with Crippen molar-refractivity contribution in [2.75, 3.05) is 0 Å². The lowest BCUT2D eigenvalue weighted by Gasteiger charge is -2.21. The molecule has 0 radical (unpaired) electrons. The van der Waals surface area contributed by atoms with Crippen LogP contribution in [0.5, 0.6) is 0 Å². The van der Waals surface area contributed by atoms with E-state index in [-0.39, 0.29) is 12.3 Å². The summed E-state index contributed by atoms with van der Waals surface area (Å²) < 4.78 is 5.53. The normalized spacial score (nSPS) is 14.2. The van der Waals surface area contributed by atoms with Crippen LogP contribution < -0.4 is 0 Å². The summed E-state index contributed by atoms with van der Waals surface area (Å²) in [7, 11) is 0. The quantitative estimate of drug-likeness (QED) is 0.743. The average molecular weight is 279 g/mol. The standard InChI is InChI=1S/C15H21NO4/c1-11-6-9-13(20-11)10-16(12-7-8-12)14(17)4-2-3-5-15(18)19/h6,9,12H,2-5,7-8,10H2,1H3,(H,18,19). The summed E-state index contributed by atoms with van der Waals surface area (Å²) in [5.74, 6) is 0.965. The van der Waals surface area contributed by atoms with E-state index < -0.39 is 5.97 Å². The summed E-state index contributed by atoms with van der Waals surface area (Å²) >= 11 is 0. The number of carbonyl (C=O) groups is 2. The van der Waals surface area contributed by atoms with E-state index >= 15 is 0 Å². The first-order valence-electron chi connectivity index (χ1n) is 7.13. The summed E-state index contributed by atoms with van der Waals surface area (Å²) in [5, 5.41) is 8.58. The molecule has 0 spiro atoms. The smallest absolute Gasteiger partial charge is 0.303 e. The molecular formula is C15H21NO4. The van der Waals surface area contributed by atoms with Crippen molar-refractivity contribution in [3.8, 4) is 0 Å². The van der Waals surface area contributed by atoms with E-state index in [4.69, 9.17) is 9.52 Å². The number of hydrogen-bond donors (Lipinski definition) is 1. The number of nitrogens with zero attached hydrogens (tertiary/aromatic N) is 1. The Morgan fingerprint density at radius 2 is 2.00 bits per heavy atom. The second kappa shape index (κ2) is 6.59. The van der Waals surface area contributed by atoms with Crippen LogP contribution in [0.4, 0.5) is 0 Å². The highest BCUT2D eigenvalue weighted by molar-refractivity contribution is 5.76. The molecule has 20 heavy (non-hydrogen) atoms. The van der Waals surface area contributed by atoms with E-state index in [2.05, 4.69) is 0 Å². The van der Waals surface area contributed by atoms with Gasteiger partial charge >= 0.3 is 5.97 Å². The van der Waals surface area contributed by atoms with E-state index in [1.807, 2.05) is 24.0 Å². The highest BCUT2D eigenvalue weighted by atomic mass is 16.4. The van der Waals surface area contributed by atoms with Gasteiger partial charge in [0.15, 0.2) is 0 Å².